The molecule has 2 aromatic rings. The normalized spacial score (nSPS) is 10.4. The fourth-order valence-corrected chi connectivity index (χ4v) is 1.94. The van der Waals surface area contributed by atoms with Crippen LogP contribution in [0.2, 0.25) is 5.02 Å². The number of hydrogen-bond acceptors (Lipinski definition) is 4. The van der Waals surface area contributed by atoms with Gasteiger partial charge >= 0.3 is 5.97 Å². The number of fused-ring (bicyclic) bond motifs is 1. The number of furan rings is 1. The van der Waals surface area contributed by atoms with Crippen molar-refractivity contribution in [3.63, 3.8) is 0 Å². The first-order valence-electron chi connectivity index (χ1n) is 5.86. The molecule has 0 fully saturated rings. The zero-order valence-corrected chi connectivity index (χ0v) is 11.2. The SMILES string of the molecule is Cc1c(C(=O)OCCCC#N)oc2ccc(Cl)cc12. The second-order valence-electron chi connectivity index (χ2n) is 4.09. The van der Waals surface area contributed by atoms with E-state index in [2.05, 4.69) is 0 Å². The number of rotatable bonds is 4. The quantitative estimate of drug-likeness (QED) is 0.629. The number of unbranched alkanes of at least 4 members (excludes halogenated alkanes) is 1. The predicted octanol–water partition coefficient (Wildman–Crippen LogP) is 3.86. The van der Waals surface area contributed by atoms with Crippen LogP contribution in [0.15, 0.2) is 22.6 Å². The first-order chi connectivity index (χ1) is 9.13. The summed E-state index contributed by atoms with van der Waals surface area (Å²) >= 11 is 5.91. The Morgan fingerprint density at radius 3 is 3.05 bits per heavy atom. The van der Waals surface area contributed by atoms with E-state index in [9.17, 15) is 4.79 Å². The van der Waals surface area contributed by atoms with Crippen molar-refractivity contribution in [2.75, 3.05) is 6.61 Å². The Labute approximate surface area is 115 Å². The molecule has 0 saturated heterocycles. The lowest BCUT2D eigenvalue weighted by atomic mass is 10.1. The standard InChI is InChI=1S/C14H12ClNO3/c1-9-11-8-10(15)4-5-12(11)19-13(9)14(17)18-7-3-2-6-16/h4-5,8H,2-3,7H2,1H3. The number of aryl methyl sites for hydroxylation is 1. The van der Waals surface area contributed by atoms with E-state index in [0.29, 0.717) is 29.0 Å². The summed E-state index contributed by atoms with van der Waals surface area (Å²) in [5, 5.41) is 9.78. The smallest absolute Gasteiger partial charge is 0.374 e. The van der Waals surface area contributed by atoms with Gasteiger partial charge < -0.3 is 9.15 Å². The number of hydrogen-bond donors (Lipinski definition) is 0. The van der Waals surface area contributed by atoms with Gasteiger partial charge in [-0.05, 0) is 31.5 Å². The Balaban J connectivity index is 2.18. The van der Waals surface area contributed by atoms with Gasteiger partial charge in [0.05, 0.1) is 12.7 Å². The average Bonchev–Trinajstić information content (AvgIpc) is 2.72. The highest BCUT2D eigenvalue weighted by Crippen LogP contribution is 2.28. The van der Waals surface area contributed by atoms with Crippen LogP contribution in [0.3, 0.4) is 0 Å². The number of benzene rings is 1. The number of nitrogens with zero attached hydrogens (tertiary/aromatic N) is 1. The molecular formula is C14H12ClNO3. The predicted molar refractivity (Wildman–Crippen MR) is 71.1 cm³/mol. The molecule has 98 valence electrons. The zero-order chi connectivity index (χ0) is 13.8. The van der Waals surface area contributed by atoms with Crippen molar-refractivity contribution < 1.29 is 13.9 Å². The van der Waals surface area contributed by atoms with Crippen molar-refractivity contribution in [3.8, 4) is 6.07 Å². The van der Waals surface area contributed by atoms with Crippen molar-refractivity contribution in [1.82, 2.24) is 0 Å². The fourth-order valence-electron chi connectivity index (χ4n) is 1.77. The molecule has 1 heterocycles. The van der Waals surface area contributed by atoms with Gasteiger partial charge in [0.1, 0.15) is 5.58 Å². The van der Waals surface area contributed by atoms with Gasteiger partial charge in [-0.2, -0.15) is 5.26 Å². The Morgan fingerprint density at radius 1 is 1.53 bits per heavy atom. The molecule has 0 bridgehead atoms. The summed E-state index contributed by atoms with van der Waals surface area (Å²) in [6.45, 7) is 2.00. The maximum absolute atomic E-state index is 11.9. The fraction of sp³-hybridized carbons (Fsp3) is 0.286. The third-order valence-electron chi connectivity index (χ3n) is 2.75. The number of carbonyl (C=O) groups excluding carboxylic acids is 1. The van der Waals surface area contributed by atoms with E-state index in [-0.39, 0.29) is 12.4 Å². The molecule has 19 heavy (non-hydrogen) atoms. The van der Waals surface area contributed by atoms with Gasteiger partial charge in [0, 0.05) is 22.4 Å². The van der Waals surface area contributed by atoms with Crippen LogP contribution >= 0.6 is 11.6 Å². The molecule has 0 aliphatic heterocycles. The van der Waals surface area contributed by atoms with Crippen molar-refractivity contribution in [2.24, 2.45) is 0 Å². The number of halogens is 1. The van der Waals surface area contributed by atoms with E-state index in [4.69, 9.17) is 26.0 Å². The number of carbonyl (C=O) groups is 1. The van der Waals surface area contributed by atoms with Gasteiger partial charge in [0.2, 0.25) is 5.76 Å². The van der Waals surface area contributed by atoms with Crippen LogP contribution in [-0.2, 0) is 4.74 Å². The van der Waals surface area contributed by atoms with Crippen LogP contribution in [0.1, 0.15) is 29.0 Å². The number of ether oxygens (including phenoxy) is 1. The van der Waals surface area contributed by atoms with E-state index in [1.807, 2.05) is 6.07 Å². The van der Waals surface area contributed by atoms with E-state index in [0.717, 1.165) is 5.39 Å². The molecule has 0 atom stereocenters. The zero-order valence-electron chi connectivity index (χ0n) is 10.4. The summed E-state index contributed by atoms with van der Waals surface area (Å²) in [7, 11) is 0. The largest absolute Gasteiger partial charge is 0.460 e. The molecule has 0 unspecified atom stereocenters. The van der Waals surface area contributed by atoms with Crippen LogP contribution in [0, 0.1) is 18.3 Å². The molecule has 0 spiro atoms. The van der Waals surface area contributed by atoms with Crippen LogP contribution in [-0.4, -0.2) is 12.6 Å². The summed E-state index contributed by atoms with van der Waals surface area (Å²) in [5.41, 5.74) is 1.31. The highest BCUT2D eigenvalue weighted by atomic mass is 35.5. The minimum Gasteiger partial charge on any atom is -0.460 e. The average molecular weight is 278 g/mol. The molecule has 0 saturated carbocycles. The minimum absolute atomic E-state index is 0.189. The summed E-state index contributed by atoms with van der Waals surface area (Å²) < 4.78 is 10.5. The Bertz CT molecular complexity index is 654. The minimum atomic E-state index is -0.511. The lowest BCUT2D eigenvalue weighted by Gasteiger charge is -2.01. The van der Waals surface area contributed by atoms with E-state index < -0.39 is 5.97 Å². The molecular weight excluding hydrogens is 266 g/mol. The molecule has 0 amide bonds. The topological polar surface area (TPSA) is 63.2 Å². The molecule has 0 aliphatic carbocycles. The summed E-state index contributed by atoms with van der Waals surface area (Å²) in [6, 6.07) is 7.17. The molecule has 1 aromatic carbocycles. The van der Waals surface area contributed by atoms with Gasteiger partial charge in [-0.15, -0.1) is 0 Å². The summed E-state index contributed by atoms with van der Waals surface area (Å²) in [5.74, 6) is -0.322. The molecule has 5 heteroatoms. The monoisotopic (exact) mass is 277 g/mol. The second-order valence-corrected chi connectivity index (χ2v) is 4.53. The Kier molecular flexibility index (Phi) is 4.08. The molecule has 0 radical (unpaired) electrons. The van der Waals surface area contributed by atoms with Gasteiger partial charge in [-0.1, -0.05) is 11.6 Å². The highest BCUT2D eigenvalue weighted by molar-refractivity contribution is 6.31. The van der Waals surface area contributed by atoms with E-state index in [1.165, 1.54) is 0 Å². The molecule has 0 N–H and O–H groups in total. The lowest BCUT2D eigenvalue weighted by Crippen LogP contribution is -2.06. The van der Waals surface area contributed by atoms with Crippen molar-refractivity contribution in [2.45, 2.75) is 19.8 Å². The van der Waals surface area contributed by atoms with Gasteiger partial charge in [0.25, 0.3) is 0 Å². The van der Waals surface area contributed by atoms with Crippen LogP contribution in [0.25, 0.3) is 11.0 Å². The van der Waals surface area contributed by atoms with Crippen molar-refractivity contribution in [1.29, 1.82) is 5.26 Å². The second kappa shape index (κ2) is 5.77. The first kappa shape index (κ1) is 13.4. The maximum Gasteiger partial charge on any atom is 0.374 e. The van der Waals surface area contributed by atoms with Crippen LogP contribution in [0.4, 0.5) is 0 Å². The lowest BCUT2D eigenvalue weighted by molar-refractivity contribution is 0.0467. The molecule has 4 nitrogen and oxygen atoms in total. The van der Waals surface area contributed by atoms with Gasteiger partial charge in [0.15, 0.2) is 0 Å². The summed E-state index contributed by atoms with van der Waals surface area (Å²) in [4.78, 5) is 11.9. The third-order valence-corrected chi connectivity index (χ3v) is 2.98. The molecule has 0 aliphatic rings. The molecule has 2 rings (SSSR count). The first-order valence-corrected chi connectivity index (χ1v) is 6.24. The third kappa shape index (κ3) is 2.88. The van der Waals surface area contributed by atoms with Crippen LogP contribution < -0.4 is 0 Å². The van der Waals surface area contributed by atoms with Crippen LogP contribution in [0.5, 0.6) is 0 Å². The van der Waals surface area contributed by atoms with Crippen molar-refractivity contribution in [3.05, 3.63) is 34.5 Å². The Morgan fingerprint density at radius 2 is 2.32 bits per heavy atom. The summed E-state index contributed by atoms with van der Waals surface area (Å²) in [6.07, 6.45) is 0.884. The molecule has 1 aromatic heterocycles. The van der Waals surface area contributed by atoms with Gasteiger partial charge in [-0.3, -0.25) is 0 Å². The maximum atomic E-state index is 11.9. The van der Waals surface area contributed by atoms with Crippen molar-refractivity contribution >= 4 is 28.5 Å². The Hall–Kier alpha value is -1.99. The van der Waals surface area contributed by atoms with Gasteiger partial charge in [-0.25, -0.2) is 4.79 Å². The highest BCUT2D eigenvalue weighted by Gasteiger charge is 2.18. The van der Waals surface area contributed by atoms with E-state index >= 15 is 0 Å². The number of nitriles is 1. The number of esters is 1. The van der Waals surface area contributed by atoms with E-state index in [1.54, 1.807) is 25.1 Å².